The van der Waals surface area contributed by atoms with Gasteiger partial charge >= 0.3 is 0 Å². The molecule has 0 aliphatic carbocycles. The number of alkyl halides is 1. The third kappa shape index (κ3) is 3.99. The Bertz CT molecular complexity index is 436. The van der Waals surface area contributed by atoms with E-state index in [-0.39, 0.29) is 0 Å². The minimum Gasteiger partial charge on any atom is -0.372 e. The van der Waals surface area contributed by atoms with Gasteiger partial charge in [-0.15, -0.1) is 0 Å². The van der Waals surface area contributed by atoms with Gasteiger partial charge in [0.25, 0.3) is 0 Å². The Labute approximate surface area is 111 Å². The zero-order valence-corrected chi connectivity index (χ0v) is 11.2. The van der Waals surface area contributed by atoms with Gasteiger partial charge in [-0.1, -0.05) is 70.5 Å². The summed E-state index contributed by atoms with van der Waals surface area (Å²) in [6.07, 6.45) is 0. The van der Waals surface area contributed by atoms with Crippen LogP contribution in [0.25, 0.3) is 0 Å². The third-order valence-corrected chi connectivity index (χ3v) is 3.21. The van der Waals surface area contributed by atoms with E-state index >= 15 is 0 Å². The molecule has 0 bridgehead atoms. The summed E-state index contributed by atoms with van der Waals surface area (Å²) in [5, 5.41) is 0.901. The van der Waals surface area contributed by atoms with Crippen molar-refractivity contribution in [3.8, 4) is 0 Å². The SMILES string of the molecule is BrCc1ccc(COCc2ccccc2)cc1. The molecule has 17 heavy (non-hydrogen) atoms. The van der Waals surface area contributed by atoms with Gasteiger partial charge in [0.2, 0.25) is 0 Å². The molecule has 2 aromatic rings. The molecule has 2 rings (SSSR count). The molecule has 0 aliphatic heterocycles. The monoisotopic (exact) mass is 290 g/mol. The van der Waals surface area contributed by atoms with Crippen LogP contribution < -0.4 is 0 Å². The van der Waals surface area contributed by atoms with Crippen molar-refractivity contribution < 1.29 is 4.74 Å². The molecule has 88 valence electrons. The quantitative estimate of drug-likeness (QED) is 0.746. The lowest BCUT2D eigenvalue weighted by Gasteiger charge is -2.05. The smallest absolute Gasteiger partial charge is 0.0721 e. The molecule has 0 saturated heterocycles. The lowest BCUT2D eigenvalue weighted by molar-refractivity contribution is 0.107. The molecule has 0 saturated carbocycles. The fourth-order valence-corrected chi connectivity index (χ4v) is 1.96. The van der Waals surface area contributed by atoms with Crippen LogP contribution in [-0.4, -0.2) is 0 Å². The second-order valence-corrected chi connectivity index (χ2v) is 4.49. The fraction of sp³-hybridized carbons (Fsp3) is 0.200. The average Bonchev–Trinajstić information content (AvgIpc) is 2.41. The maximum Gasteiger partial charge on any atom is 0.0721 e. The van der Waals surface area contributed by atoms with Crippen molar-refractivity contribution >= 4 is 15.9 Å². The minimum atomic E-state index is 0.664. The Balaban J connectivity index is 1.82. The number of hydrogen-bond donors (Lipinski definition) is 0. The molecule has 0 spiro atoms. The molecule has 0 atom stereocenters. The molecule has 0 fully saturated rings. The summed E-state index contributed by atoms with van der Waals surface area (Å²) in [6.45, 7) is 1.33. The van der Waals surface area contributed by atoms with Crippen LogP contribution in [0.4, 0.5) is 0 Å². The molecule has 1 nitrogen and oxygen atoms in total. The van der Waals surface area contributed by atoms with Crippen molar-refractivity contribution in [1.82, 2.24) is 0 Å². The highest BCUT2D eigenvalue weighted by molar-refractivity contribution is 9.08. The summed E-state index contributed by atoms with van der Waals surface area (Å²) in [5.74, 6) is 0. The number of rotatable bonds is 5. The Hall–Kier alpha value is -1.12. The Morgan fingerprint density at radius 1 is 0.706 bits per heavy atom. The van der Waals surface area contributed by atoms with Crippen molar-refractivity contribution in [1.29, 1.82) is 0 Å². The maximum absolute atomic E-state index is 5.67. The summed E-state index contributed by atoms with van der Waals surface area (Å²) in [6, 6.07) is 18.7. The molecule has 0 radical (unpaired) electrons. The lowest BCUT2D eigenvalue weighted by atomic mass is 10.2. The van der Waals surface area contributed by atoms with E-state index in [0.717, 1.165) is 5.33 Å². The Morgan fingerprint density at radius 2 is 1.24 bits per heavy atom. The first-order chi connectivity index (χ1) is 8.38. The Kier molecular flexibility index (Phi) is 4.77. The standard InChI is InChI=1S/C15H15BrO/c16-10-13-6-8-15(9-7-13)12-17-11-14-4-2-1-3-5-14/h1-9H,10-12H2. The molecular weight excluding hydrogens is 276 g/mol. The molecule has 2 aromatic carbocycles. The largest absolute Gasteiger partial charge is 0.372 e. The summed E-state index contributed by atoms with van der Waals surface area (Å²) in [7, 11) is 0. The van der Waals surface area contributed by atoms with E-state index in [9.17, 15) is 0 Å². The maximum atomic E-state index is 5.67. The number of benzene rings is 2. The molecule has 0 heterocycles. The summed E-state index contributed by atoms with van der Waals surface area (Å²) >= 11 is 3.43. The van der Waals surface area contributed by atoms with E-state index in [4.69, 9.17) is 4.74 Å². The van der Waals surface area contributed by atoms with Gasteiger partial charge in [0, 0.05) is 5.33 Å². The predicted molar refractivity (Wildman–Crippen MR) is 74.0 cm³/mol. The Morgan fingerprint density at radius 3 is 1.82 bits per heavy atom. The van der Waals surface area contributed by atoms with E-state index in [0.29, 0.717) is 13.2 Å². The van der Waals surface area contributed by atoms with Gasteiger partial charge in [-0.2, -0.15) is 0 Å². The average molecular weight is 291 g/mol. The van der Waals surface area contributed by atoms with Gasteiger partial charge in [0.05, 0.1) is 13.2 Å². The van der Waals surface area contributed by atoms with E-state index < -0.39 is 0 Å². The highest BCUT2D eigenvalue weighted by Crippen LogP contribution is 2.10. The first-order valence-corrected chi connectivity index (χ1v) is 6.76. The van der Waals surface area contributed by atoms with Gasteiger partial charge in [-0.3, -0.25) is 0 Å². The van der Waals surface area contributed by atoms with Gasteiger partial charge in [-0.05, 0) is 16.7 Å². The van der Waals surface area contributed by atoms with Gasteiger partial charge in [-0.25, -0.2) is 0 Å². The topological polar surface area (TPSA) is 9.23 Å². The normalized spacial score (nSPS) is 10.4. The van der Waals surface area contributed by atoms with E-state index in [1.54, 1.807) is 0 Å². The highest BCUT2D eigenvalue weighted by Gasteiger charge is 1.95. The van der Waals surface area contributed by atoms with E-state index in [2.05, 4.69) is 52.3 Å². The second kappa shape index (κ2) is 6.58. The first kappa shape index (κ1) is 12.3. The molecule has 2 heteroatoms. The molecule has 0 amide bonds. The third-order valence-electron chi connectivity index (χ3n) is 2.56. The molecular formula is C15H15BrO. The van der Waals surface area contributed by atoms with Crippen molar-refractivity contribution in [2.75, 3.05) is 0 Å². The summed E-state index contributed by atoms with van der Waals surface area (Å²) in [5.41, 5.74) is 3.71. The fourth-order valence-electron chi connectivity index (χ4n) is 1.59. The van der Waals surface area contributed by atoms with Crippen molar-refractivity contribution in [3.63, 3.8) is 0 Å². The first-order valence-electron chi connectivity index (χ1n) is 5.64. The molecule has 0 N–H and O–H groups in total. The van der Waals surface area contributed by atoms with Crippen LogP contribution in [-0.2, 0) is 23.3 Å². The van der Waals surface area contributed by atoms with Gasteiger partial charge in [0.15, 0.2) is 0 Å². The predicted octanol–water partition coefficient (Wildman–Crippen LogP) is 4.30. The van der Waals surface area contributed by atoms with Crippen molar-refractivity contribution in [2.24, 2.45) is 0 Å². The lowest BCUT2D eigenvalue weighted by Crippen LogP contribution is -1.94. The zero-order valence-electron chi connectivity index (χ0n) is 9.60. The molecule has 0 unspecified atom stereocenters. The van der Waals surface area contributed by atoms with Gasteiger partial charge in [0.1, 0.15) is 0 Å². The summed E-state index contributed by atoms with van der Waals surface area (Å²) < 4.78 is 5.67. The number of hydrogen-bond acceptors (Lipinski definition) is 1. The van der Waals surface area contributed by atoms with E-state index in [1.165, 1.54) is 16.7 Å². The van der Waals surface area contributed by atoms with Crippen molar-refractivity contribution in [2.45, 2.75) is 18.5 Å². The van der Waals surface area contributed by atoms with Gasteiger partial charge < -0.3 is 4.74 Å². The zero-order chi connectivity index (χ0) is 11.9. The second-order valence-electron chi connectivity index (χ2n) is 3.93. The van der Waals surface area contributed by atoms with Crippen LogP contribution >= 0.6 is 15.9 Å². The van der Waals surface area contributed by atoms with Crippen molar-refractivity contribution in [3.05, 3.63) is 71.3 Å². The van der Waals surface area contributed by atoms with Crippen LogP contribution in [0.3, 0.4) is 0 Å². The van der Waals surface area contributed by atoms with Crippen LogP contribution in [0.15, 0.2) is 54.6 Å². The molecule has 0 aromatic heterocycles. The minimum absolute atomic E-state index is 0.664. The summed E-state index contributed by atoms with van der Waals surface area (Å²) in [4.78, 5) is 0. The highest BCUT2D eigenvalue weighted by atomic mass is 79.9. The van der Waals surface area contributed by atoms with Crippen LogP contribution in [0.2, 0.25) is 0 Å². The number of halogens is 1. The van der Waals surface area contributed by atoms with E-state index in [1.807, 2.05) is 18.2 Å². The van der Waals surface area contributed by atoms with Crippen LogP contribution in [0.1, 0.15) is 16.7 Å². The van der Waals surface area contributed by atoms with Crippen LogP contribution in [0, 0.1) is 0 Å². The molecule has 0 aliphatic rings. The van der Waals surface area contributed by atoms with Crippen LogP contribution in [0.5, 0.6) is 0 Å². The number of ether oxygens (including phenoxy) is 1.